The van der Waals surface area contributed by atoms with Gasteiger partial charge in [0.1, 0.15) is 5.60 Å². The molecule has 170 valence electrons. The maximum atomic E-state index is 12.7. The molecule has 0 saturated carbocycles. The maximum absolute atomic E-state index is 12.7. The smallest absolute Gasteiger partial charge is 0.407 e. The van der Waals surface area contributed by atoms with E-state index in [0.29, 0.717) is 30.3 Å². The standard InChI is InChI=1S/C20H31N7O4/c1-12(2)8-10-26-14-15(24-18(29)27(21)16(14)28)23-17(26)25-9-6-7-13(11-25)22-19(30)31-20(3,4)5/h8,13H,6-7,9-11,21H2,1-5H3,(H,22,30)(H,24,29). The summed E-state index contributed by atoms with van der Waals surface area (Å²) in [7, 11) is 0. The first kappa shape index (κ1) is 22.4. The minimum atomic E-state index is -0.723. The predicted molar refractivity (Wildman–Crippen MR) is 119 cm³/mol. The summed E-state index contributed by atoms with van der Waals surface area (Å²) in [5.74, 6) is 6.16. The average molecular weight is 434 g/mol. The van der Waals surface area contributed by atoms with E-state index < -0.39 is 22.9 Å². The lowest BCUT2D eigenvalue weighted by Crippen LogP contribution is -2.49. The van der Waals surface area contributed by atoms with Gasteiger partial charge < -0.3 is 25.4 Å². The lowest BCUT2D eigenvalue weighted by Gasteiger charge is -2.34. The third-order valence-electron chi connectivity index (χ3n) is 4.92. The molecule has 1 unspecified atom stereocenters. The molecule has 1 amide bonds. The van der Waals surface area contributed by atoms with Gasteiger partial charge in [0.15, 0.2) is 11.2 Å². The molecular formula is C20H31N7O4. The molecule has 2 aromatic heterocycles. The van der Waals surface area contributed by atoms with Gasteiger partial charge in [-0.1, -0.05) is 11.6 Å². The average Bonchev–Trinajstić information content (AvgIpc) is 3.01. The van der Waals surface area contributed by atoms with Crippen LogP contribution in [0.5, 0.6) is 0 Å². The summed E-state index contributed by atoms with van der Waals surface area (Å²) in [6.07, 6.45) is 3.13. The van der Waals surface area contributed by atoms with Crippen molar-refractivity contribution in [2.75, 3.05) is 23.8 Å². The van der Waals surface area contributed by atoms with E-state index in [1.807, 2.05) is 45.6 Å². The zero-order valence-corrected chi connectivity index (χ0v) is 18.7. The third-order valence-corrected chi connectivity index (χ3v) is 4.92. The second kappa shape index (κ2) is 8.48. The zero-order valence-electron chi connectivity index (χ0n) is 18.7. The monoisotopic (exact) mass is 433 g/mol. The van der Waals surface area contributed by atoms with Crippen molar-refractivity contribution >= 4 is 23.2 Å². The van der Waals surface area contributed by atoms with Gasteiger partial charge in [0.2, 0.25) is 5.95 Å². The van der Waals surface area contributed by atoms with Crippen LogP contribution in [0.25, 0.3) is 11.2 Å². The first-order valence-corrected chi connectivity index (χ1v) is 10.3. The molecule has 2 aromatic rings. The number of hydrogen-bond donors (Lipinski definition) is 3. The van der Waals surface area contributed by atoms with Crippen molar-refractivity contribution in [1.82, 2.24) is 24.5 Å². The molecule has 1 fully saturated rings. The van der Waals surface area contributed by atoms with Gasteiger partial charge in [0.25, 0.3) is 0 Å². The molecule has 0 aliphatic carbocycles. The van der Waals surface area contributed by atoms with Crippen molar-refractivity contribution < 1.29 is 9.53 Å². The number of piperidine rings is 1. The number of imidazole rings is 1. The van der Waals surface area contributed by atoms with Crippen LogP contribution < -0.4 is 27.3 Å². The molecule has 3 heterocycles. The fraction of sp³-hybridized carbons (Fsp3) is 0.600. The zero-order chi connectivity index (χ0) is 22.9. The topological polar surface area (TPSA) is 140 Å². The molecule has 0 bridgehead atoms. The fourth-order valence-corrected chi connectivity index (χ4v) is 3.55. The van der Waals surface area contributed by atoms with Crippen molar-refractivity contribution in [2.24, 2.45) is 0 Å². The number of amides is 1. The van der Waals surface area contributed by atoms with Crippen LogP contribution >= 0.6 is 0 Å². The van der Waals surface area contributed by atoms with E-state index in [0.717, 1.165) is 18.4 Å². The number of carbonyl (C=O) groups excluding carboxylic acids is 1. The van der Waals surface area contributed by atoms with Crippen molar-refractivity contribution in [3.63, 3.8) is 0 Å². The van der Waals surface area contributed by atoms with Crippen LogP contribution in [0.3, 0.4) is 0 Å². The number of anilines is 1. The predicted octanol–water partition coefficient (Wildman–Crippen LogP) is 1.06. The molecule has 0 spiro atoms. The lowest BCUT2D eigenvalue weighted by molar-refractivity contribution is 0.0500. The van der Waals surface area contributed by atoms with Gasteiger partial charge in [-0.2, -0.15) is 9.66 Å². The summed E-state index contributed by atoms with van der Waals surface area (Å²) in [5, 5.41) is 2.91. The number of ether oxygens (including phenoxy) is 1. The van der Waals surface area contributed by atoms with Crippen molar-refractivity contribution in [3.8, 4) is 0 Å². The lowest BCUT2D eigenvalue weighted by atomic mass is 10.1. The highest BCUT2D eigenvalue weighted by atomic mass is 16.6. The minimum absolute atomic E-state index is 0.134. The second-order valence-electron chi connectivity index (χ2n) is 9.04. The maximum Gasteiger partial charge on any atom is 0.407 e. The molecule has 1 aliphatic rings. The van der Waals surface area contributed by atoms with Gasteiger partial charge in [0, 0.05) is 25.7 Å². The molecular weight excluding hydrogens is 402 g/mol. The van der Waals surface area contributed by atoms with Crippen LogP contribution in [0.15, 0.2) is 21.2 Å². The van der Waals surface area contributed by atoms with E-state index in [1.54, 1.807) is 4.57 Å². The molecule has 1 aliphatic heterocycles. The highest BCUT2D eigenvalue weighted by molar-refractivity contribution is 5.74. The van der Waals surface area contributed by atoms with E-state index in [9.17, 15) is 14.4 Å². The van der Waals surface area contributed by atoms with Crippen molar-refractivity contribution in [1.29, 1.82) is 0 Å². The Morgan fingerprint density at radius 2 is 2.06 bits per heavy atom. The number of rotatable bonds is 4. The third kappa shape index (κ3) is 5.09. The Balaban J connectivity index is 1.95. The van der Waals surface area contributed by atoms with Crippen LogP contribution in [0.2, 0.25) is 0 Å². The highest BCUT2D eigenvalue weighted by Gasteiger charge is 2.28. The van der Waals surface area contributed by atoms with E-state index in [-0.39, 0.29) is 17.2 Å². The van der Waals surface area contributed by atoms with Gasteiger partial charge in [-0.3, -0.25) is 9.78 Å². The SMILES string of the molecule is CC(C)=CCn1c(N2CCCC(NC(=O)OC(C)(C)C)C2)nc2[nH]c(=O)n(N)c(=O)c21. The van der Waals surface area contributed by atoms with Gasteiger partial charge >= 0.3 is 17.3 Å². The number of nitrogen functional groups attached to an aromatic ring is 1. The molecule has 11 nitrogen and oxygen atoms in total. The van der Waals surface area contributed by atoms with Crippen LogP contribution in [0.4, 0.5) is 10.7 Å². The van der Waals surface area contributed by atoms with E-state index in [2.05, 4.69) is 15.3 Å². The van der Waals surface area contributed by atoms with Crippen molar-refractivity contribution in [3.05, 3.63) is 32.5 Å². The summed E-state index contributed by atoms with van der Waals surface area (Å²) in [4.78, 5) is 46.0. The number of nitrogens with one attached hydrogen (secondary N) is 2. The number of alkyl carbamates (subject to hydrolysis) is 1. The summed E-state index contributed by atoms with van der Waals surface area (Å²) in [5.41, 5.74) is -0.412. The second-order valence-corrected chi connectivity index (χ2v) is 9.04. The first-order valence-electron chi connectivity index (χ1n) is 10.3. The Morgan fingerprint density at radius 3 is 2.71 bits per heavy atom. The Morgan fingerprint density at radius 1 is 1.35 bits per heavy atom. The molecule has 1 atom stereocenters. The van der Waals surface area contributed by atoms with Crippen LogP contribution in [0, 0.1) is 0 Å². The number of carbonyl (C=O) groups is 1. The number of fused-ring (bicyclic) bond motifs is 1. The highest BCUT2D eigenvalue weighted by Crippen LogP contribution is 2.23. The van der Waals surface area contributed by atoms with E-state index in [4.69, 9.17) is 10.6 Å². The number of allylic oxidation sites excluding steroid dienone is 2. The summed E-state index contributed by atoms with van der Waals surface area (Å²) < 4.78 is 7.67. The number of nitrogens with zero attached hydrogens (tertiary/aromatic N) is 4. The molecule has 0 aromatic carbocycles. The van der Waals surface area contributed by atoms with E-state index in [1.165, 1.54) is 0 Å². The molecule has 0 radical (unpaired) electrons. The van der Waals surface area contributed by atoms with Crippen molar-refractivity contribution in [2.45, 2.75) is 65.6 Å². The van der Waals surface area contributed by atoms with Gasteiger partial charge in [-0.25, -0.2) is 9.59 Å². The summed E-state index contributed by atoms with van der Waals surface area (Å²) >= 11 is 0. The molecule has 1 saturated heterocycles. The number of aromatic nitrogens is 4. The Labute approximate surface area is 179 Å². The Kier molecular flexibility index (Phi) is 6.14. The van der Waals surface area contributed by atoms with Crippen LogP contribution in [0.1, 0.15) is 47.5 Å². The molecule has 4 N–H and O–H groups in total. The number of H-pyrrole nitrogens is 1. The molecule has 3 rings (SSSR count). The Hall–Kier alpha value is -3.24. The summed E-state index contributed by atoms with van der Waals surface area (Å²) in [6.45, 7) is 11.0. The van der Waals surface area contributed by atoms with Gasteiger partial charge in [-0.15, -0.1) is 0 Å². The Bertz CT molecular complexity index is 1120. The van der Waals surface area contributed by atoms with Gasteiger partial charge in [0.05, 0.1) is 0 Å². The van der Waals surface area contributed by atoms with Gasteiger partial charge in [-0.05, 0) is 47.5 Å². The first-order chi connectivity index (χ1) is 14.5. The fourth-order valence-electron chi connectivity index (χ4n) is 3.55. The van der Waals surface area contributed by atoms with E-state index >= 15 is 0 Å². The molecule has 11 heteroatoms. The molecule has 31 heavy (non-hydrogen) atoms. The largest absolute Gasteiger partial charge is 0.444 e. The van der Waals surface area contributed by atoms with Crippen LogP contribution in [-0.4, -0.2) is 50.0 Å². The number of hydrogen-bond acceptors (Lipinski definition) is 7. The quantitative estimate of drug-likeness (QED) is 0.484. The summed E-state index contributed by atoms with van der Waals surface area (Å²) in [6, 6.07) is -0.134. The number of aromatic amines is 1. The number of nitrogens with two attached hydrogens (primary N) is 1. The minimum Gasteiger partial charge on any atom is -0.444 e. The van der Waals surface area contributed by atoms with Crippen LogP contribution in [-0.2, 0) is 11.3 Å². The normalized spacial score (nSPS) is 16.9.